The summed E-state index contributed by atoms with van der Waals surface area (Å²) in [6, 6.07) is 17.1. The Labute approximate surface area is 146 Å². The van der Waals surface area contributed by atoms with Crippen molar-refractivity contribution in [3.8, 4) is 0 Å². The summed E-state index contributed by atoms with van der Waals surface area (Å²) in [7, 11) is 0. The predicted molar refractivity (Wildman–Crippen MR) is 105 cm³/mol. The fraction of sp³-hybridized carbons (Fsp3) is 0.0417. The molecule has 1 heteroatoms. The maximum absolute atomic E-state index is 5.05. The van der Waals surface area contributed by atoms with Gasteiger partial charge in [0, 0.05) is 11.1 Å². The second-order valence-electron chi connectivity index (χ2n) is 6.87. The number of allylic oxidation sites excluding steroid dienone is 9. The van der Waals surface area contributed by atoms with E-state index in [0.717, 1.165) is 11.4 Å². The molecule has 0 radical (unpaired) electrons. The van der Waals surface area contributed by atoms with Gasteiger partial charge in [-0.25, -0.2) is 0 Å². The maximum Gasteiger partial charge on any atom is 0.0754 e. The number of benzene rings is 2. The van der Waals surface area contributed by atoms with Crippen LogP contribution in [0.4, 0.5) is 5.69 Å². The molecule has 0 amide bonds. The number of rotatable bonds is 0. The van der Waals surface area contributed by atoms with Crippen molar-refractivity contribution in [3.05, 3.63) is 107 Å². The summed E-state index contributed by atoms with van der Waals surface area (Å²) in [5, 5.41) is 0. The van der Waals surface area contributed by atoms with E-state index in [-0.39, 0.29) is 5.41 Å². The number of hydrogen-bond donors (Lipinski definition) is 0. The Kier molecular flexibility index (Phi) is 2.34. The minimum Gasteiger partial charge on any atom is -0.251 e. The number of aliphatic imine (C=N–C) groups is 1. The van der Waals surface area contributed by atoms with Gasteiger partial charge in [0.25, 0.3) is 0 Å². The highest BCUT2D eigenvalue weighted by Gasteiger charge is 2.45. The van der Waals surface area contributed by atoms with Crippen molar-refractivity contribution < 1.29 is 0 Å². The van der Waals surface area contributed by atoms with Gasteiger partial charge in [0.05, 0.1) is 16.8 Å². The van der Waals surface area contributed by atoms with Gasteiger partial charge in [-0.1, -0.05) is 78.9 Å². The van der Waals surface area contributed by atoms with E-state index in [0.29, 0.717) is 0 Å². The van der Waals surface area contributed by atoms with Crippen LogP contribution in [-0.2, 0) is 0 Å². The Morgan fingerprint density at radius 3 is 2.32 bits per heavy atom. The van der Waals surface area contributed by atoms with Gasteiger partial charge in [0.1, 0.15) is 0 Å². The predicted octanol–water partition coefficient (Wildman–Crippen LogP) is 5.76. The van der Waals surface area contributed by atoms with Gasteiger partial charge in [-0.2, -0.15) is 0 Å². The fourth-order valence-corrected chi connectivity index (χ4v) is 4.47. The molecule has 1 atom stereocenters. The molecular formula is C24H15N. The van der Waals surface area contributed by atoms with Gasteiger partial charge in [0.2, 0.25) is 0 Å². The lowest BCUT2D eigenvalue weighted by Gasteiger charge is -2.35. The summed E-state index contributed by atoms with van der Waals surface area (Å²) in [6.07, 6.45) is 15.7. The van der Waals surface area contributed by atoms with E-state index in [9.17, 15) is 0 Å². The van der Waals surface area contributed by atoms with Crippen LogP contribution in [0, 0.1) is 5.41 Å². The highest BCUT2D eigenvalue weighted by molar-refractivity contribution is 6.35. The van der Waals surface area contributed by atoms with Crippen molar-refractivity contribution in [2.45, 2.75) is 0 Å². The van der Waals surface area contributed by atoms with Crippen LogP contribution in [0.15, 0.2) is 95.6 Å². The van der Waals surface area contributed by atoms with E-state index in [1.54, 1.807) is 0 Å². The van der Waals surface area contributed by atoms with Crippen LogP contribution in [0.25, 0.3) is 17.2 Å². The second kappa shape index (κ2) is 4.46. The molecule has 1 aliphatic heterocycles. The summed E-state index contributed by atoms with van der Waals surface area (Å²) in [4.78, 5) is 5.05. The molecule has 0 N–H and O–H groups in total. The standard InChI is InChI=1S/C24H15N/c1-2-8-17-16(7-1)15-21-18(17)10-5-13-24(21)14-6-11-20-19-9-3-4-12-22(19)25-23(20)24/h1-15H. The zero-order chi connectivity index (χ0) is 16.4. The largest absolute Gasteiger partial charge is 0.251 e. The molecule has 1 nitrogen and oxygen atoms in total. The topological polar surface area (TPSA) is 12.4 Å². The highest BCUT2D eigenvalue weighted by atomic mass is 14.8. The van der Waals surface area contributed by atoms with E-state index >= 15 is 0 Å². The van der Waals surface area contributed by atoms with Crippen LogP contribution < -0.4 is 0 Å². The third kappa shape index (κ3) is 1.56. The van der Waals surface area contributed by atoms with E-state index in [1.807, 2.05) is 0 Å². The van der Waals surface area contributed by atoms with Gasteiger partial charge >= 0.3 is 0 Å². The van der Waals surface area contributed by atoms with Gasteiger partial charge in [-0.15, -0.1) is 0 Å². The van der Waals surface area contributed by atoms with E-state index in [2.05, 4.69) is 91.1 Å². The van der Waals surface area contributed by atoms with Gasteiger partial charge in [-0.3, -0.25) is 4.99 Å². The Bertz CT molecular complexity index is 1040. The first-order valence-corrected chi connectivity index (χ1v) is 8.67. The maximum atomic E-state index is 5.05. The number of hydrogen-bond acceptors (Lipinski definition) is 1. The van der Waals surface area contributed by atoms with Gasteiger partial charge in [-0.05, 0) is 34.4 Å². The zero-order valence-electron chi connectivity index (χ0n) is 13.6. The average molecular weight is 317 g/mol. The average Bonchev–Trinajstić information content (AvgIpc) is 3.23. The lowest BCUT2D eigenvalue weighted by Crippen LogP contribution is -2.31. The van der Waals surface area contributed by atoms with Crippen molar-refractivity contribution >= 4 is 28.6 Å². The lowest BCUT2D eigenvalue weighted by atomic mass is 9.67. The zero-order valence-corrected chi connectivity index (χ0v) is 13.6. The molecule has 0 saturated carbocycles. The first-order chi connectivity index (χ1) is 12.4. The molecule has 0 saturated heterocycles. The van der Waals surface area contributed by atoms with Crippen LogP contribution in [0.3, 0.4) is 0 Å². The molecule has 6 rings (SSSR count). The molecule has 0 fully saturated rings. The molecule has 116 valence electrons. The highest BCUT2D eigenvalue weighted by Crippen LogP contribution is 2.54. The molecule has 3 aliphatic carbocycles. The minimum atomic E-state index is -0.272. The third-order valence-electron chi connectivity index (χ3n) is 5.60. The Hall–Kier alpha value is -3.19. The first-order valence-electron chi connectivity index (χ1n) is 8.67. The van der Waals surface area contributed by atoms with E-state index < -0.39 is 0 Å². The summed E-state index contributed by atoms with van der Waals surface area (Å²) in [5.41, 5.74) is 9.72. The van der Waals surface area contributed by atoms with Gasteiger partial charge in [0.15, 0.2) is 0 Å². The molecule has 0 bridgehead atoms. The van der Waals surface area contributed by atoms with E-state index in [1.165, 1.54) is 33.4 Å². The van der Waals surface area contributed by atoms with Crippen molar-refractivity contribution in [3.63, 3.8) is 0 Å². The van der Waals surface area contributed by atoms with Crippen molar-refractivity contribution in [2.24, 2.45) is 10.4 Å². The Morgan fingerprint density at radius 1 is 0.720 bits per heavy atom. The van der Waals surface area contributed by atoms with Crippen LogP contribution >= 0.6 is 0 Å². The minimum absolute atomic E-state index is 0.272. The van der Waals surface area contributed by atoms with Crippen LogP contribution in [0.2, 0.25) is 0 Å². The summed E-state index contributed by atoms with van der Waals surface area (Å²) in [5.74, 6) is 0. The molecule has 25 heavy (non-hydrogen) atoms. The number of nitrogens with zero attached hydrogens (tertiary/aromatic N) is 1. The summed E-state index contributed by atoms with van der Waals surface area (Å²) >= 11 is 0. The molecule has 1 spiro atoms. The Morgan fingerprint density at radius 2 is 1.44 bits per heavy atom. The SMILES string of the molecule is C1=CC2(C=CC=C3C2=Nc2ccccc23)C2=Cc3ccccc3C2=C1. The second-order valence-corrected chi connectivity index (χ2v) is 6.87. The monoisotopic (exact) mass is 317 g/mol. The van der Waals surface area contributed by atoms with Crippen LogP contribution in [0.1, 0.15) is 16.7 Å². The van der Waals surface area contributed by atoms with Crippen molar-refractivity contribution in [1.29, 1.82) is 0 Å². The molecule has 2 aromatic rings. The lowest BCUT2D eigenvalue weighted by molar-refractivity contribution is 0.847. The first kappa shape index (κ1) is 13.1. The quantitative estimate of drug-likeness (QED) is 0.585. The van der Waals surface area contributed by atoms with Crippen molar-refractivity contribution in [2.75, 3.05) is 0 Å². The molecule has 4 aliphatic rings. The van der Waals surface area contributed by atoms with Gasteiger partial charge < -0.3 is 0 Å². The van der Waals surface area contributed by atoms with E-state index in [4.69, 9.17) is 4.99 Å². The smallest absolute Gasteiger partial charge is 0.0754 e. The Balaban J connectivity index is 1.60. The van der Waals surface area contributed by atoms with Crippen molar-refractivity contribution in [1.82, 2.24) is 0 Å². The summed E-state index contributed by atoms with van der Waals surface area (Å²) < 4.78 is 0. The van der Waals surface area contributed by atoms with Crippen LogP contribution in [-0.4, -0.2) is 5.71 Å². The molecule has 0 aromatic heterocycles. The number of para-hydroxylation sites is 1. The molecule has 2 aromatic carbocycles. The molecular weight excluding hydrogens is 302 g/mol. The molecule has 1 heterocycles. The number of fused-ring (bicyclic) bond motifs is 8. The molecule has 1 unspecified atom stereocenters. The van der Waals surface area contributed by atoms with Crippen LogP contribution in [0.5, 0.6) is 0 Å². The fourth-order valence-electron chi connectivity index (χ4n) is 4.47. The normalized spacial score (nSPS) is 24.0. The third-order valence-corrected chi connectivity index (χ3v) is 5.60. The summed E-state index contributed by atoms with van der Waals surface area (Å²) in [6.45, 7) is 0.